The van der Waals surface area contributed by atoms with Crippen molar-refractivity contribution in [3.8, 4) is 22.5 Å². The molecule has 2 atom stereocenters. The van der Waals surface area contributed by atoms with Crippen molar-refractivity contribution < 1.29 is 31.1 Å². The fourth-order valence-corrected chi connectivity index (χ4v) is 9.23. The smallest absolute Gasteiger partial charge is 0.366 e. The van der Waals surface area contributed by atoms with Gasteiger partial charge in [0.05, 0.1) is 39.9 Å². The molecular weight excluding hydrogens is 783 g/mol. The number of nitrogens with two attached hydrogens (primary N) is 1. The maximum atomic E-state index is 13.3. The highest BCUT2D eigenvalue weighted by Crippen LogP contribution is 2.41. The van der Waals surface area contributed by atoms with Crippen molar-refractivity contribution >= 4 is 29.0 Å². The summed E-state index contributed by atoms with van der Waals surface area (Å²) in [5, 5.41) is 6.55. The van der Waals surface area contributed by atoms with Gasteiger partial charge in [0.2, 0.25) is 0 Å². The van der Waals surface area contributed by atoms with Crippen LogP contribution in [0.5, 0.6) is 0 Å². The third-order valence-corrected chi connectivity index (χ3v) is 12.5. The zero-order valence-electron chi connectivity index (χ0n) is 33.5. The molecule has 6 heterocycles. The van der Waals surface area contributed by atoms with E-state index in [2.05, 4.69) is 25.4 Å². The molecule has 4 aromatic rings. The molecule has 60 heavy (non-hydrogen) atoms. The van der Waals surface area contributed by atoms with Gasteiger partial charge in [-0.05, 0) is 87.1 Å². The number of alkyl halides is 6. The molecule has 10 rings (SSSR count). The van der Waals surface area contributed by atoms with Gasteiger partial charge < -0.3 is 26.2 Å². The highest BCUT2D eigenvalue weighted by Gasteiger charge is 2.41. The van der Waals surface area contributed by atoms with Crippen LogP contribution in [-0.4, -0.2) is 66.3 Å². The second-order valence-electron chi connectivity index (χ2n) is 16.8. The number of halogens is 6. The van der Waals surface area contributed by atoms with Crippen molar-refractivity contribution in [3.05, 3.63) is 83.9 Å². The average Bonchev–Trinajstić information content (AvgIpc) is 3.85. The minimum atomic E-state index is -4.42. The Bertz CT molecular complexity index is 2130. The molecule has 320 valence electrons. The van der Waals surface area contributed by atoms with Crippen LogP contribution in [0.2, 0.25) is 0 Å². The summed E-state index contributed by atoms with van der Waals surface area (Å²) < 4.78 is 78.0. The topological polar surface area (TPSA) is 103 Å². The minimum Gasteiger partial charge on any atom is -0.366 e. The Morgan fingerprint density at radius 3 is 1.83 bits per heavy atom. The van der Waals surface area contributed by atoms with Crippen molar-refractivity contribution in [3.63, 3.8) is 0 Å². The number of hydrogen-bond donors (Lipinski definition) is 3. The zero-order chi connectivity index (χ0) is 42.0. The van der Waals surface area contributed by atoms with Gasteiger partial charge in [-0.2, -0.15) is 26.3 Å². The van der Waals surface area contributed by atoms with E-state index in [1.165, 1.54) is 50.7 Å². The molecule has 0 unspecified atom stereocenters. The Kier molecular flexibility index (Phi) is 12.2. The van der Waals surface area contributed by atoms with E-state index in [1.807, 2.05) is 12.1 Å². The maximum absolute atomic E-state index is 13.3. The molecule has 2 aliphatic carbocycles. The molecule has 0 spiro atoms. The third kappa shape index (κ3) is 9.45. The standard InChI is InChI=1S/C23H25F3N4O.C16H14F3N3.C6H13N/c24-23(25,26)16-6-4-5-15(13-16)19-9-10-20-21(28-19)30(18-11-12-29(20)14-18)22(31)27-17-7-2-1-3-8-17;17-16(18,19)11-3-1-2-10(8-11)13-4-5-14-15(21-13)20-12-6-7-22(14)9-12;7-6-4-2-1-3-5-6/h4-6,9-10,13,17-18H,1-3,7-8,11-12,14H2,(H,27,31);1-5,8,12H,6-7,9H2,(H,20,21);6H,1-5,7H2/t18-;12-;/m00./s1. The number of nitrogens with one attached hydrogen (secondary N) is 2. The van der Waals surface area contributed by atoms with Crippen LogP contribution >= 0.6 is 0 Å². The maximum Gasteiger partial charge on any atom is 0.416 e. The molecule has 4 fully saturated rings. The highest BCUT2D eigenvalue weighted by molar-refractivity contribution is 5.97. The van der Waals surface area contributed by atoms with Gasteiger partial charge in [-0.15, -0.1) is 0 Å². The number of hydrogen-bond acceptors (Lipinski definition) is 7. The Balaban J connectivity index is 0.000000149. The lowest BCUT2D eigenvalue weighted by Crippen LogP contribution is -2.53. The molecule has 2 saturated heterocycles. The number of pyridine rings is 2. The van der Waals surface area contributed by atoms with Crippen LogP contribution < -0.4 is 31.1 Å². The van der Waals surface area contributed by atoms with Crippen molar-refractivity contribution in [2.45, 2.75) is 114 Å². The number of anilines is 4. The number of benzene rings is 2. The molecule has 2 saturated carbocycles. The lowest BCUT2D eigenvalue weighted by atomic mass is 9.96. The second-order valence-corrected chi connectivity index (χ2v) is 16.8. The number of nitrogens with zero attached hydrogens (tertiary/aromatic N) is 5. The molecule has 2 aromatic carbocycles. The van der Waals surface area contributed by atoms with Gasteiger partial charge in [-0.3, -0.25) is 4.90 Å². The van der Waals surface area contributed by atoms with Crippen molar-refractivity contribution in [2.75, 3.05) is 46.2 Å². The quantitative estimate of drug-likeness (QED) is 0.177. The summed E-state index contributed by atoms with van der Waals surface area (Å²) in [5.74, 6) is 1.31. The summed E-state index contributed by atoms with van der Waals surface area (Å²) in [7, 11) is 0. The molecule has 6 aliphatic rings. The normalized spacial score (nSPS) is 21.1. The van der Waals surface area contributed by atoms with E-state index in [-0.39, 0.29) is 18.1 Å². The number of aromatic nitrogens is 2. The Hall–Kier alpha value is -5.05. The van der Waals surface area contributed by atoms with E-state index in [9.17, 15) is 31.1 Å². The number of carbonyl (C=O) groups is 1. The van der Waals surface area contributed by atoms with E-state index in [0.717, 1.165) is 106 Å². The van der Waals surface area contributed by atoms with E-state index < -0.39 is 23.5 Å². The number of rotatable bonds is 3. The first-order valence-electron chi connectivity index (χ1n) is 21.3. The predicted molar refractivity (Wildman–Crippen MR) is 223 cm³/mol. The van der Waals surface area contributed by atoms with Crippen molar-refractivity contribution in [1.29, 1.82) is 0 Å². The van der Waals surface area contributed by atoms with Crippen LogP contribution in [0.1, 0.15) is 88.2 Å². The number of fused-ring (bicyclic) bond motifs is 8. The third-order valence-electron chi connectivity index (χ3n) is 12.5. The lowest BCUT2D eigenvalue weighted by Gasteiger charge is -2.37. The molecule has 9 nitrogen and oxygen atoms in total. The molecule has 4 N–H and O–H groups in total. The van der Waals surface area contributed by atoms with Crippen molar-refractivity contribution in [2.24, 2.45) is 5.73 Å². The van der Waals surface area contributed by atoms with Gasteiger partial charge in [-0.1, -0.05) is 62.8 Å². The highest BCUT2D eigenvalue weighted by atomic mass is 19.4. The predicted octanol–water partition coefficient (Wildman–Crippen LogP) is 10.3. The first-order chi connectivity index (χ1) is 28.8. The summed E-state index contributed by atoms with van der Waals surface area (Å²) in [5.41, 5.74) is 8.03. The lowest BCUT2D eigenvalue weighted by molar-refractivity contribution is -0.138. The SMILES string of the molecule is FC(F)(F)c1cccc(-c2ccc3c(n2)N[C@H]2CCN3C2)c1.NC1CCCCC1.O=C(NC1CCCCC1)N1c2nc(-c3cccc(C(F)(F)F)c3)ccc2N2CC[C@H]1C2. The summed E-state index contributed by atoms with van der Waals surface area (Å²) in [6.45, 7) is 3.57. The Morgan fingerprint density at radius 1 is 0.667 bits per heavy atom. The number of carbonyl (C=O) groups excluding carboxylic acids is 1. The van der Waals surface area contributed by atoms with Crippen LogP contribution in [0.4, 0.5) is 54.1 Å². The molecule has 2 amide bonds. The van der Waals surface area contributed by atoms with Crippen LogP contribution in [-0.2, 0) is 12.4 Å². The van der Waals surface area contributed by atoms with E-state index >= 15 is 0 Å². The van der Waals surface area contributed by atoms with Gasteiger partial charge in [0.1, 0.15) is 0 Å². The molecule has 0 radical (unpaired) electrons. The van der Waals surface area contributed by atoms with Crippen LogP contribution in [0.3, 0.4) is 0 Å². The Labute approximate surface area is 346 Å². The molecule has 4 aliphatic heterocycles. The van der Waals surface area contributed by atoms with E-state index in [1.54, 1.807) is 29.2 Å². The largest absolute Gasteiger partial charge is 0.416 e. The summed E-state index contributed by atoms with van der Waals surface area (Å²) in [6.07, 6.45) is 5.25. The summed E-state index contributed by atoms with van der Waals surface area (Å²) in [6, 6.07) is 18.8. The minimum absolute atomic E-state index is 0.0281. The van der Waals surface area contributed by atoms with Crippen LogP contribution in [0.25, 0.3) is 22.5 Å². The first-order valence-corrected chi connectivity index (χ1v) is 21.3. The van der Waals surface area contributed by atoms with Gasteiger partial charge in [-0.25, -0.2) is 14.8 Å². The fourth-order valence-electron chi connectivity index (χ4n) is 9.23. The van der Waals surface area contributed by atoms with Gasteiger partial charge in [0.15, 0.2) is 11.6 Å². The van der Waals surface area contributed by atoms with Gasteiger partial charge >= 0.3 is 18.4 Å². The monoisotopic (exact) mass is 834 g/mol. The van der Waals surface area contributed by atoms with Gasteiger partial charge in [0, 0.05) is 55.4 Å². The fraction of sp³-hybridized carbons (Fsp3) is 0.489. The van der Waals surface area contributed by atoms with Crippen LogP contribution in [0.15, 0.2) is 72.8 Å². The number of amides is 2. The number of urea groups is 1. The van der Waals surface area contributed by atoms with E-state index in [0.29, 0.717) is 40.4 Å². The summed E-state index contributed by atoms with van der Waals surface area (Å²) >= 11 is 0. The first kappa shape index (κ1) is 41.7. The average molecular weight is 835 g/mol. The van der Waals surface area contributed by atoms with Gasteiger partial charge in [0.25, 0.3) is 0 Å². The zero-order valence-corrected chi connectivity index (χ0v) is 33.5. The second kappa shape index (κ2) is 17.5. The Morgan fingerprint density at radius 2 is 1.23 bits per heavy atom. The van der Waals surface area contributed by atoms with Crippen molar-refractivity contribution in [1.82, 2.24) is 15.3 Å². The molecule has 15 heteroatoms. The molecule has 2 aromatic heterocycles. The summed E-state index contributed by atoms with van der Waals surface area (Å²) in [4.78, 5) is 28.7. The molecule has 4 bridgehead atoms. The molecular formula is C45H52F6N8O. The van der Waals surface area contributed by atoms with Crippen LogP contribution in [0, 0.1) is 0 Å². The van der Waals surface area contributed by atoms with E-state index in [4.69, 9.17) is 10.7 Å².